The van der Waals surface area contributed by atoms with Gasteiger partial charge in [-0.2, -0.15) is 0 Å². The van der Waals surface area contributed by atoms with E-state index in [0.717, 1.165) is 44.9 Å². The Balaban J connectivity index is 1.48. The third-order valence-corrected chi connectivity index (χ3v) is 11.4. The summed E-state index contributed by atoms with van der Waals surface area (Å²) >= 11 is 0. The predicted octanol–water partition coefficient (Wildman–Crippen LogP) is 4.82. The van der Waals surface area contributed by atoms with Gasteiger partial charge in [0.15, 0.2) is 5.79 Å². The Labute approximate surface area is 194 Å². The molecule has 32 heavy (non-hydrogen) atoms. The van der Waals surface area contributed by atoms with E-state index in [4.69, 9.17) is 5.11 Å². The number of hydrogen-bond acceptors (Lipinski definition) is 4. The molecule has 0 aromatic carbocycles. The topological polar surface area (TPSA) is 98.0 Å². The van der Waals surface area contributed by atoms with Crippen molar-refractivity contribution in [3.05, 3.63) is 0 Å². The average molecular weight is 451 g/mol. The number of carboxylic acids is 1. The first-order valence-corrected chi connectivity index (χ1v) is 13.3. The Kier molecular flexibility index (Phi) is 6.53. The normalized spacial score (nSPS) is 47.1. The number of fused-ring (bicyclic) bond motifs is 5. The highest BCUT2D eigenvalue weighted by Gasteiger charge is 2.67. The summed E-state index contributed by atoms with van der Waals surface area (Å²) in [7, 11) is 0. The third kappa shape index (κ3) is 3.56. The summed E-state index contributed by atoms with van der Waals surface area (Å²) in [5, 5.41) is 41.9. The molecule has 0 aromatic heterocycles. The van der Waals surface area contributed by atoms with Crippen molar-refractivity contribution in [2.45, 2.75) is 110 Å². The standard InChI is InChI=1S/C27H46O5/c1-16(6-5-7-17(2)24(29)30)20-11-12-21-19-10-8-18-9-13-23(28)27(31,32)26(18,4)22(19)14-15-25(20,21)3/h16-23,28,31-32H,5-15H2,1-4H3,(H,29,30)/t16-,17?,18-,19+,20-,21+,22+,23?,25-,26+/m1/s1. The highest BCUT2D eigenvalue weighted by atomic mass is 16.5. The lowest BCUT2D eigenvalue weighted by Gasteiger charge is -2.64. The summed E-state index contributed by atoms with van der Waals surface area (Å²) in [6.07, 6.45) is 10.1. The molecule has 0 amide bonds. The average Bonchev–Trinajstić information content (AvgIpc) is 3.09. The molecule has 4 fully saturated rings. The molecule has 0 heterocycles. The van der Waals surface area contributed by atoms with Crippen LogP contribution >= 0.6 is 0 Å². The molecular formula is C27H46O5. The summed E-state index contributed by atoms with van der Waals surface area (Å²) in [4.78, 5) is 11.1. The molecule has 184 valence electrons. The third-order valence-electron chi connectivity index (χ3n) is 11.4. The summed E-state index contributed by atoms with van der Waals surface area (Å²) in [6.45, 7) is 8.75. The van der Waals surface area contributed by atoms with Crippen LogP contribution in [-0.4, -0.2) is 38.3 Å². The van der Waals surface area contributed by atoms with Crippen LogP contribution in [0.3, 0.4) is 0 Å². The van der Waals surface area contributed by atoms with Crippen molar-refractivity contribution in [2.75, 3.05) is 0 Å². The van der Waals surface area contributed by atoms with E-state index in [0.29, 0.717) is 41.4 Å². The smallest absolute Gasteiger partial charge is 0.306 e. The largest absolute Gasteiger partial charge is 0.481 e. The van der Waals surface area contributed by atoms with Gasteiger partial charge in [-0.3, -0.25) is 4.79 Å². The van der Waals surface area contributed by atoms with Crippen LogP contribution < -0.4 is 0 Å². The zero-order valence-corrected chi connectivity index (χ0v) is 20.6. The zero-order chi connectivity index (χ0) is 23.5. The van der Waals surface area contributed by atoms with Crippen LogP contribution in [0.25, 0.3) is 0 Å². The van der Waals surface area contributed by atoms with Gasteiger partial charge in [-0.1, -0.05) is 40.5 Å². The van der Waals surface area contributed by atoms with Gasteiger partial charge >= 0.3 is 5.97 Å². The maximum Gasteiger partial charge on any atom is 0.306 e. The molecule has 2 unspecified atom stereocenters. The lowest BCUT2D eigenvalue weighted by Crippen LogP contribution is -2.68. The number of hydrogen-bond donors (Lipinski definition) is 4. The van der Waals surface area contributed by atoms with Crippen molar-refractivity contribution < 1.29 is 25.2 Å². The molecule has 0 radical (unpaired) electrons. The van der Waals surface area contributed by atoms with Crippen molar-refractivity contribution in [1.29, 1.82) is 0 Å². The van der Waals surface area contributed by atoms with E-state index in [1.54, 1.807) is 0 Å². The lowest BCUT2D eigenvalue weighted by atomic mass is 9.43. The second-order valence-corrected chi connectivity index (χ2v) is 12.6. The zero-order valence-electron chi connectivity index (χ0n) is 20.6. The van der Waals surface area contributed by atoms with E-state index in [-0.39, 0.29) is 11.8 Å². The Hall–Kier alpha value is -0.650. The van der Waals surface area contributed by atoms with Crippen LogP contribution in [-0.2, 0) is 4.79 Å². The maximum absolute atomic E-state index is 11.1. The van der Waals surface area contributed by atoms with Crippen molar-refractivity contribution in [3.8, 4) is 0 Å². The molecule has 0 bridgehead atoms. The van der Waals surface area contributed by atoms with Crippen molar-refractivity contribution in [3.63, 3.8) is 0 Å². The number of aliphatic hydroxyl groups excluding tert-OH is 1. The van der Waals surface area contributed by atoms with Gasteiger partial charge in [0.1, 0.15) is 6.10 Å². The van der Waals surface area contributed by atoms with E-state index in [1.807, 2.05) is 6.92 Å². The fraction of sp³-hybridized carbons (Fsp3) is 0.963. The SMILES string of the molecule is CC(CCC[C@@H](C)[C@H]1CC[C@H]2[C@@H]3CC[C@@H]4CCC(O)C(O)(O)[C@]4(C)[C@H]3CC[C@]12C)C(=O)O. The van der Waals surface area contributed by atoms with E-state index in [2.05, 4.69) is 20.8 Å². The lowest BCUT2D eigenvalue weighted by molar-refractivity contribution is -0.349. The van der Waals surface area contributed by atoms with Crippen LogP contribution in [0.5, 0.6) is 0 Å². The van der Waals surface area contributed by atoms with Gasteiger partial charge in [-0.05, 0) is 98.7 Å². The van der Waals surface area contributed by atoms with Gasteiger partial charge < -0.3 is 20.4 Å². The quantitative estimate of drug-likeness (QED) is 0.435. The number of aliphatic hydroxyl groups is 3. The Morgan fingerprint density at radius 1 is 0.938 bits per heavy atom. The molecule has 0 spiro atoms. The first-order valence-electron chi connectivity index (χ1n) is 13.3. The Morgan fingerprint density at radius 3 is 2.31 bits per heavy atom. The van der Waals surface area contributed by atoms with Gasteiger partial charge in [0.25, 0.3) is 0 Å². The molecule has 4 aliphatic carbocycles. The summed E-state index contributed by atoms with van der Waals surface area (Å²) in [6, 6.07) is 0. The van der Waals surface area contributed by atoms with Crippen molar-refractivity contribution >= 4 is 5.97 Å². The number of rotatable bonds is 6. The molecule has 4 saturated carbocycles. The molecule has 5 heteroatoms. The number of carbonyl (C=O) groups is 1. The molecular weight excluding hydrogens is 404 g/mol. The van der Waals surface area contributed by atoms with Crippen LogP contribution in [0.4, 0.5) is 0 Å². The minimum absolute atomic E-state index is 0.261. The fourth-order valence-corrected chi connectivity index (χ4v) is 9.41. The van der Waals surface area contributed by atoms with E-state index >= 15 is 0 Å². The molecule has 4 aliphatic rings. The van der Waals surface area contributed by atoms with Gasteiger partial charge in [-0.25, -0.2) is 0 Å². The molecule has 10 atom stereocenters. The van der Waals surface area contributed by atoms with Crippen LogP contribution in [0.15, 0.2) is 0 Å². The predicted molar refractivity (Wildman–Crippen MR) is 124 cm³/mol. The Morgan fingerprint density at radius 2 is 1.62 bits per heavy atom. The second kappa shape index (κ2) is 8.53. The van der Waals surface area contributed by atoms with Crippen LogP contribution in [0.2, 0.25) is 0 Å². The summed E-state index contributed by atoms with van der Waals surface area (Å²) < 4.78 is 0. The fourth-order valence-electron chi connectivity index (χ4n) is 9.41. The van der Waals surface area contributed by atoms with Crippen LogP contribution in [0, 0.1) is 52.3 Å². The first kappa shape index (κ1) is 24.5. The molecule has 4 rings (SSSR count). The number of aliphatic carboxylic acids is 1. The van der Waals surface area contributed by atoms with E-state index in [9.17, 15) is 20.1 Å². The summed E-state index contributed by atoms with van der Waals surface area (Å²) in [5.74, 6) is 0.0353. The van der Waals surface area contributed by atoms with Crippen molar-refractivity contribution in [1.82, 2.24) is 0 Å². The molecule has 0 aliphatic heterocycles. The highest BCUT2D eigenvalue weighted by Crippen LogP contribution is 2.69. The van der Waals surface area contributed by atoms with Gasteiger partial charge in [-0.15, -0.1) is 0 Å². The van der Waals surface area contributed by atoms with Gasteiger partial charge in [0.2, 0.25) is 0 Å². The molecule has 5 nitrogen and oxygen atoms in total. The summed E-state index contributed by atoms with van der Waals surface area (Å²) in [5.41, 5.74) is -0.325. The van der Waals surface area contributed by atoms with E-state index < -0.39 is 23.3 Å². The van der Waals surface area contributed by atoms with E-state index in [1.165, 1.54) is 19.3 Å². The number of carboxylic acid groups (broad SMARTS) is 1. The Bertz CT molecular complexity index is 706. The molecule has 0 saturated heterocycles. The van der Waals surface area contributed by atoms with Crippen LogP contribution in [0.1, 0.15) is 98.3 Å². The minimum Gasteiger partial charge on any atom is -0.481 e. The highest BCUT2D eigenvalue weighted by molar-refractivity contribution is 5.69. The maximum atomic E-state index is 11.1. The minimum atomic E-state index is -1.99. The monoisotopic (exact) mass is 450 g/mol. The van der Waals surface area contributed by atoms with Gasteiger partial charge in [0.05, 0.1) is 5.92 Å². The molecule has 4 N–H and O–H groups in total. The van der Waals surface area contributed by atoms with Crippen molar-refractivity contribution in [2.24, 2.45) is 52.3 Å². The second-order valence-electron chi connectivity index (χ2n) is 12.6. The first-order chi connectivity index (χ1) is 14.9. The van der Waals surface area contributed by atoms with Gasteiger partial charge in [0, 0.05) is 5.41 Å². The molecule has 0 aromatic rings.